The van der Waals surface area contributed by atoms with Gasteiger partial charge in [0.25, 0.3) is 0 Å². The number of carbonyl (C=O) groups is 2. The highest BCUT2D eigenvalue weighted by Gasteiger charge is 2.42. The molecule has 122 valence electrons. The Hall–Kier alpha value is -2.05. The van der Waals surface area contributed by atoms with Crippen molar-refractivity contribution in [2.24, 2.45) is 13.0 Å². The quantitative estimate of drug-likeness (QED) is 0.900. The number of rotatable bonds is 2. The Kier molecular flexibility index (Phi) is 4.17. The molecule has 1 aliphatic rings. The number of carbonyl (C=O) groups excluding carboxylic acids is 1. The van der Waals surface area contributed by atoms with Crippen molar-refractivity contribution in [1.82, 2.24) is 14.7 Å². The lowest BCUT2D eigenvalue weighted by molar-refractivity contribution is -0.141. The Morgan fingerprint density at radius 1 is 1.36 bits per heavy atom. The summed E-state index contributed by atoms with van der Waals surface area (Å²) in [5, 5.41) is 13.6. The van der Waals surface area contributed by atoms with E-state index in [0.717, 1.165) is 11.3 Å². The Labute approximate surface area is 129 Å². The summed E-state index contributed by atoms with van der Waals surface area (Å²) in [5.74, 6) is -1.81. The third-order valence-electron chi connectivity index (χ3n) is 3.96. The lowest BCUT2D eigenvalue weighted by Crippen LogP contribution is -2.35. The number of hydrogen-bond donors (Lipinski definition) is 1. The van der Waals surface area contributed by atoms with Gasteiger partial charge in [0.1, 0.15) is 5.60 Å². The van der Waals surface area contributed by atoms with Crippen molar-refractivity contribution in [3.63, 3.8) is 0 Å². The zero-order valence-corrected chi connectivity index (χ0v) is 13.7. The van der Waals surface area contributed by atoms with Gasteiger partial charge >= 0.3 is 12.1 Å². The van der Waals surface area contributed by atoms with Crippen LogP contribution in [0, 0.1) is 12.8 Å². The van der Waals surface area contributed by atoms with E-state index >= 15 is 0 Å². The molecular formula is C15H23N3O4. The molecule has 0 saturated carbocycles. The van der Waals surface area contributed by atoms with E-state index in [-0.39, 0.29) is 12.5 Å². The van der Waals surface area contributed by atoms with E-state index in [9.17, 15) is 14.7 Å². The van der Waals surface area contributed by atoms with Gasteiger partial charge in [0.15, 0.2) is 0 Å². The minimum Gasteiger partial charge on any atom is -0.481 e. The maximum absolute atomic E-state index is 12.2. The van der Waals surface area contributed by atoms with Gasteiger partial charge in [-0.15, -0.1) is 0 Å². The van der Waals surface area contributed by atoms with Crippen LogP contribution in [0.2, 0.25) is 0 Å². The fourth-order valence-corrected chi connectivity index (χ4v) is 2.72. The standard InChI is InChI=1S/C15H23N3O4/c1-9-10(6-16-17(9)5)11-7-18(8-12(11)13(19)20)14(21)22-15(2,3)4/h6,11-12H,7-8H2,1-5H3,(H,19,20)/t11-,12+/m0/s1. The summed E-state index contributed by atoms with van der Waals surface area (Å²) in [6, 6.07) is 0. The molecule has 1 amide bonds. The van der Waals surface area contributed by atoms with Crippen molar-refractivity contribution < 1.29 is 19.4 Å². The van der Waals surface area contributed by atoms with Crippen LogP contribution in [-0.2, 0) is 16.6 Å². The molecule has 2 heterocycles. The molecule has 7 nitrogen and oxygen atoms in total. The first-order valence-corrected chi connectivity index (χ1v) is 7.29. The Bertz CT molecular complexity index is 588. The van der Waals surface area contributed by atoms with Gasteiger partial charge in [0, 0.05) is 31.7 Å². The van der Waals surface area contributed by atoms with Crippen LogP contribution in [0.4, 0.5) is 4.79 Å². The number of aliphatic carboxylic acids is 1. The largest absolute Gasteiger partial charge is 0.481 e. The molecule has 7 heteroatoms. The molecule has 2 atom stereocenters. The molecule has 1 saturated heterocycles. The Balaban J connectivity index is 2.22. The summed E-state index contributed by atoms with van der Waals surface area (Å²) in [6.07, 6.45) is 1.22. The molecule has 2 rings (SSSR count). The van der Waals surface area contributed by atoms with Crippen LogP contribution in [0.1, 0.15) is 37.9 Å². The van der Waals surface area contributed by atoms with Gasteiger partial charge in [-0.3, -0.25) is 9.48 Å². The van der Waals surface area contributed by atoms with Crippen molar-refractivity contribution in [2.45, 2.75) is 39.2 Å². The molecule has 0 spiro atoms. The van der Waals surface area contributed by atoms with Crippen molar-refractivity contribution >= 4 is 12.1 Å². The average molecular weight is 309 g/mol. The topological polar surface area (TPSA) is 84.7 Å². The molecule has 1 aromatic heterocycles. The molecule has 0 aliphatic carbocycles. The number of hydrogen-bond acceptors (Lipinski definition) is 4. The van der Waals surface area contributed by atoms with Gasteiger partial charge in [-0.05, 0) is 33.3 Å². The highest BCUT2D eigenvalue weighted by atomic mass is 16.6. The minimum absolute atomic E-state index is 0.156. The van der Waals surface area contributed by atoms with E-state index in [1.54, 1.807) is 31.6 Å². The molecular weight excluding hydrogens is 286 g/mol. The van der Waals surface area contributed by atoms with Gasteiger partial charge in [-0.2, -0.15) is 5.10 Å². The van der Waals surface area contributed by atoms with Crippen LogP contribution in [0.25, 0.3) is 0 Å². The third-order valence-corrected chi connectivity index (χ3v) is 3.96. The fraction of sp³-hybridized carbons (Fsp3) is 0.667. The monoisotopic (exact) mass is 309 g/mol. The smallest absolute Gasteiger partial charge is 0.410 e. The molecule has 0 aromatic carbocycles. The summed E-state index contributed by atoms with van der Waals surface area (Å²) >= 11 is 0. The lowest BCUT2D eigenvalue weighted by atomic mass is 9.89. The first-order chi connectivity index (χ1) is 10.1. The maximum atomic E-state index is 12.2. The van der Waals surface area contributed by atoms with Gasteiger partial charge in [-0.1, -0.05) is 0 Å². The third kappa shape index (κ3) is 3.23. The summed E-state index contributed by atoms with van der Waals surface area (Å²) < 4.78 is 7.06. The Morgan fingerprint density at radius 2 is 2.00 bits per heavy atom. The predicted molar refractivity (Wildman–Crippen MR) is 79.6 cm³/mol. The fourth-order valence-electron chi connectivity index (χ4n) is 2.72. The molecule has 0 radical (unpaired) electrons. The summed E-state index contributed by atoms with van der Waals surface area (Å²) in [5.41, 5.74) is 1.20. The molecule has 0 bridgehead atoms. The van der Waals surface area contributed by atoms with Crippen LogP contribution in [0.15, 0.2) is 6.20 Å². The van der Waals surface area contributed by atoms with Crippen LogP contribution in [0.3, 0.4) is 0 Å². The zero-order chi connectivity index (χ0) is 16.7. The molecule has 0 unspecified atom stereocenters. The number of carboxylic acids is 1. The van der Waals surface area contributed by atoms with E-state index in [2.05, 4.69) is 5.10 Å². The lowest BCUT2D eigenvalue weighted by Gasteiger charge is -2.24. The minimum atomic E-state index is -0.903. The van der Waals surface area contributed by atoms with Crippen LogP contribution >= 0.6 is 0 Å². The number of nitrogens with zero attached hydrogens (tertiary/aromatic N) is 3. The average Bonchev–Trinajstić information content (AvgIpc) is 2.93. The highest BCUT2D eigenvalue weighted by molar-refractivity contribution is 5.76. The summed E-state index contributed by atoms with van der Waals surface area (Å²) in [7, 11) is 1.81. The molecule has 1 fully saturated rings. The predicted octanol–water partition coefficient (Wildman–Crippen LogP) is 1.76. The number of amides is 1. The summed E-state index contributed by atoms with van der Waals surface area (Å²) in [4.78, 5) is 25.2. The number of ether oxygens (including phenoxy) is 1. The molecule has 22 heavy (non-hydrogen) atoms. The van der Waals surface area contributed by atoms with Crippen LogP contribution in [0.5, 0.6) is 0 Å². The number of likely N-dealkylation sites (tertiary alicyclic amines) is 1. The number of aromatic nitrogens is 2. The normalized spacial score (nSPS) is 22.0. The Morgan fingerprint density at radius 3 is 2.45 bits per heavy atom. The number of aryl methyl sites for hydroxylation is 1. The zero-order valence-electron chi connectivity index (χ0n) is 13.7. The van der Waals surface area contributed by atoms with E-state index in [1.165, 1.54) is 4.90 Å². The van der Waals surface area contributed by atoms with Crippen LogP contribution in [-0.4, -0.2) is 50.5 Å². The van der Waals surface area contributed by atoms with Crippen LogP contribution < -0.4 is 0 Å². The first-order valence-electron chi connectivity index (χ1n) is 7.29. The highest BCUT2D eigenvalue weighted by Crippen LogP contribution is 2.35. The second-order valence-electron chi connectivity index (χ2n) is 6.75. The molecule has 1 aromatic rings. The molecule has 1 aliphatic heterocycles. The van der Waals surface area contributed by atoms with Gasteiger partial charge in [0.05, 0.1) is 12.1 Å². The molecule has 1 N–H and O–H groups in total. The maximum Gasteiger partial charge on any atom is 0.410 e. The van der Waals surface area contributed by atoms with Gasteiger partial charge < -0.3 is 14.7 Å². The van der Waals surface area contributed by atoms with Crippen molar-refractivity contribution in [3.05, 3.63) is 17.5 Å². The van der Waals surface area contributed by atoms with Crippen molar-refractivity contribution in [3.8, 4) is 0 Å². The summed E-state index contributed by atoms with van der Waals surface area (Å²) in [6.45, 7) is 7.76. The van der Waals surface area contributed by atoms with Gasteiger partial charge in [0.2, 0.25) is 0 Å². The SMILES string of the molecule is Cc1c([C@@H]2CN(C(=O)OC(C)(C)C)C[C@H]2C(=O)O)cnn1C. The van der Waals surface area contributed by atoms with Gasteiger partial charge in [-0.25, -0.2) is 4.79 Å². The number of carboxylic acid groups (broad SMARTS) is 1. The second kappa shape index (κ2) is 5.62. The van der Waals surface area contributed by atoms with Crippen molar-refractivity contribution in [2.75, 3.05) is 13.1 Å². The van der Waals surface area contributed by atoms with E-state index in [0.29, 0.717) is 6.54 Å². The second-order valence-corrected chi connectivity index (χ2v) is 6.75. The first kappa shape index (κ1) is 16.3. The van der Waals surface area contributed by atoms with E-state index in [4.69, 9.17) is 4.74 Å². The van der Waals surface area contributed by atoms with Crippen molar-refractivity contribution in [1.29, 1.82) is 0 Å². The van der Waals surface area contributed by atoms with E-state index in [1.807, 2.05) is 14.0 Å². The van der Waals surface area contributed by atoms with E-state index < -0.39 is 23.6 Å².